The van der Waals surface area contributed by atoms with E-state index in [1.165, 1.54) is 0 Å². The zero-order valence-corrected chi connectivity index (χ0v) is 10.4. The highest BCUT2D eigenvalue weighted by Crippen LogP contribution is 2.13. The number of nitrogens with two attached hydrogens (primary N) is 1. The molecule has 0 aliphatic carbocycles. The number of aliphatic carboxylic acids is 1. The second-order valence-electron chi connectivity index (χ2n) is 4.66. The highest BCUT2D eigenvalue weighted by atomic mass is 16.4. The first-order valence-electron chi connectivity index (χ1n) is 5.50. The molecule has 0 radical (unpaired) electrons. The summed E-state index contributed by atoms with van der Waals surface area (Å²) < 4.78 is 0. The van der Waals surface area contributed by atoms with Crippen molar-refractivity contribution >= 4 is 11.9 Å². The van der Waals surface area contributed by atoms with Crippen molar-refractivity contribution in [3.8, 4) is 0 Å². The molecule has 3 N–H and O–H groups in total. The third-order valence-corrected chi connectivity index (χ3v) is 2.65. The molecule has 0 aromatic heterocycles. The molecule has 2 atom stereocenters. The molecule has 0 saturated heterocycles. The van der Waals surface area contributed by atoms with Gasteiger partial charge in [-0.25, -0.2) is 0 Å². The maximum Gasteiger partial charge on any atom is 0.307 e. The van der Waals surface area contributed by atoms with Gasteiger partial charge in [0.1, 0.15) is 0 Å². The van der Waals surface area contributed by atoms with Crippen LogP contribution in [0.15, 0.2) is 0 Å². The SMILES string of the molecule is CC(C)CN(CC(N)=O)C(C)C(C)C(=O)O. The minimum Gasteiger partial charge on any atom is -0.481 e. The summed E-state index contributed by atoms with van der Waals surface area (Å²) in [6, 6.07) is -0.201. The third-order valence-electron chi connectivity index (χ3n) is 2.65. The van der Waals surface area contributed by atoms with E-state index in [1.807, 2.05) is 25.7 Å². The minimum atomic E-state index is -0.856. The second-order valence-corrected chi connectivity index (χ2v) is 4.66. The number of rotatable bonds is 7. The molecule has 16 heavy (non-hydrogen) atoms. The summed E-state index contributed by atoms with van der Waals surface area (Å²) in [6.45, 7) is 8.27. The molecule has 5 heteroatoms. The summed E-state index contributed by atoms with van der Waals surface area (Å²) in [5.74, 6) is -1.43. The molecule has 0 saturated carbocycles. The van der Waals surface area contributed by atoms with Crippen molar-refractivity contribution in [3.05, 3.63) is 0 Å². The molecule has 0 spiro atoms. The summed E-state index contributed by atoms with van der Waals surface area (Å²) in [7, 11) is 0. The molecule has 0 aromatic rings. The van der Waals surface area contributed by atoms with Gasteiger partial charge in [0, 0.05) is 12.6 Å². The molecule has 0 aromatic carbocycles. The van der Waals surface area contributed by atoms with Crippen LogP contribution in [0.3, 0.4) is 0 Å². The van der Waals surface area contributed by atoms with Crippen molar-refractivity contribution < 1.29 is 14.7 Å². The van der Waals surface area contributed by atoms with E-state index in [-0.39, 0.29) is 12.6 Å². The fraction of sp³-hybridized carbons (Fsp3) is 0.818. The average molecular weight is 230 g/mol. The van der Waals surface area contributed by atoms with Crippen LogP contribution in [-0.4, -0.2) is 41.0 Å². The minimum absolute atomic E-state index is 0.108. The Hall–Kier alpha value is -1.10. The van der Waals surface area contributed by atoms with Gasteiger partial charge in [0.25, 0.3) is 0 Å². The molecule has 0 fully saturated rings. The van der Waals surface area contributed by atoms with Crippen LogP contribution in [0.25, 0.3) is 0 Å². The highest BCUT2D eigenvalue weighted by molar-refractivity contribution is 5.76. The van der Waals surface area contributed by atoms with Crippen molar-refractivity contribution in [2.45, 2.75) is 33.7 Å². The largest absolute Gasteiger partial charge is 0.481 e. The Labute approximate surface area is 96.6 Å². The lowest BCUT2D eigenvalue weighted by atomic mass is 10.0. The third kappa shape index (κ3) is 5.11. The molecule has 2 unspecified atom stereocenters. The fourth-order valence-corrected chi connectivity index (χ4v) is 1.57. The zero-order valence-electron chi connectivity index (χ0n) is 10.4. The lowest BCUT2D eigenvalue weighted by molar-refractivity contribution is -0.144. The van der Waals surface area contributed by atoms with Gasteiger partial charge >= 0.3 is 5.97 Å². The van der Waals surface area contributed by atoms with Crippen LogP contribution >= 0.6 is 0 Å². The van der Waals surface area contributed by atoms with E-state index in [0.29, 0.717) is 12.5 Å². The van der Waals surface area contributed by atoms with Crippen molar-refractivity contribution in [2.24, 2.45) is 17.6 Å². The lowest BCUT2D eigenvalue weighted by Crippen LogP contribution is -2.46. The Kier molecular flexibility index (Phi) is 6.03. The molecule has 94 valence electrons. The van der Waals surface area contributed by atoms with Crippen LogP contribution in [0.1, 0.15) is 27.7 Å². The van der Waals surface area contributed by atoms with Crippen LogP contribution in [0.5, 0.6) is 0 Å². The molecule has 5 nitrogen and oxygen atoms in total. The molecular weight excluding hydrogens is 208 g/mol. The standard InChI is InChI=1S/C11H22N2O3/c1-7(2)5-13(6-10(12)14)9(4)8(3)11(15)16/h7-9H,5-6H2,1-4H3,(H2,12,14)(H,15,16). The Morgan fingerprint density at radius 3 is 2.06 bits per heavy atom. The number of hydrogen-bond donors (Lipinski definition) is 2. The van der Waals surface area contributed by atoms with Gasteiger partial charge in [-0.05, 0) is 12.8 Å². The quantitative estimate of drug-likeness (QED) is 0.668. The number of carboxylic acid groups (broad SMARTS) is 1. The maximum absolute atomic E-state index is 10.9. The number of carbonyl (C=O) groups excluding carboxylic acids is 1. The van der Waals surface area contributed by atoms with Crippen molar-refractivity contribution in [2.75, 3.05) is 13.1 Å². The fourth-order valence-electron chi connectivity index (χ4n) is 1.57. The average Bonchev–Trinajstić information content (AvgIpc) is 2.12. The predicted octanol–water partition coefficient (Wildman–Crippen LogP) is 0.539. The van der Waals surface area contributed by atoms with Gasteiger partial charge in [-0.2, -0.15) is 0 Å². The maximum atomic E-state index is 10.9. The topological polar surface area (TPSA) is 83.6 Å². The molecule has 0 bridgehead atoms. The molecule has 0 aliphatic rings. The first-order chi connectivity index (χ1) is 7.25. The Morgan fingerprint density at radius 1 is 1.25 bits per heavy atom. The van der Waals surface area contributed by atoms with Gasteiger partial charge < -0.3 is 10.8 Å². The predicted molar refractivity (Wildman–Crippen MR) is 61.9 cm³/mol. The number of carbonyl (C=O) groups is 2. The number of hydrogen-bond acceptors (Lipinski definition) is 3. The summed E-state index contributed by atoms with van der Waals surface area (Å²) in [5.41, 5.74) is 5.16. The van der Waals surface area contributed by atoms with Crippen molar-refractivity contribution in [3.63, 3.8) is 0 Å². The smallest absolute Gasteiger partial charge is 0.307 e. The molecular formula is C11H22N2O3. The monoisotopic (exact) mass is 230 g/mol. The lowest BCUT2D eigenvalue weighted by Gasteiger charge is -2.31. The number of nitrogens with zero attached hydrogens (tertiary/aromatic N) is 1. The van der Waals surface area contributed by atoms with Gasteiger partial charge in [-0.3, -0.25) is 14.5 Å². The number of amides is 1. The summed E-state index contributed by atoms with van der Waals surface area (Å²) >= 11 is 0. The molecule has 0 aliphatic heterocycles. The van der Waals surface area contributed by atoms with Crippen LogP contribution < -0.4 is 5.73 Å². The van der Waals surface area contributed by atoms with Gasteiger partial charge in [-0.1, -0.05) is 20.8 Å². The molecule has 0 heterocycles. The van der Waals surface area contributed by atoms with Crippen LogP contribution in [-0.2, 0) is 9.59 Å². The Morgan fingerprint density at radius 2 is 1.75 bits per heavy atom. The Balaban J connectivity index is 4.60. The van der Waals surface area contributed by atoms with E-state index in [1.54, 1.807) is 6.92 Å². The van der Waals surface area contributed by atoms with E-state index in [0.717, 1.165) is 0 Å². The highest BCUT2D eigenvalue weighted by Gasteiger charge is 2.26. The second kappa shape index (κ2) is 6.48. The summed E-state index contributed by atoms with van der Waals surface area (Å²) in [4.78, 5) is 23.6. The Bertz CT molecular complexity index is 254. The molecule has 0 rings (SSSR count). The molecule has 1 amide bonds. The van der Waals surface area contributed by atoms with E-state index < -0.39 is 17.8 Å². The van der Waals surface area contributed by atoms with Gasteiger partial charge in [0.2, 0.25) is 5.91 Å². The number of carboxylic acids is 1. The van der Waals surface area contributed by atoms with E-state index in [2.05, 4.69) is 0 Å². The first-order valence-corrected chi connectivity index (χ1v) is 5.50. The van der Waals surface area contributed by atoms with Crippen LogP contribution in [0.2, 0.25) is 0 Å². The van der Waals surface area contributed by atoms with Crippen LogP contribution in [0, 0.1) is 11.8 Å². The van der Waals surface area contributed by atoms with Gasteiger partial charge in [-0.15, -0.1) is 0 Å². The zero-order chi connectivity index (χ0) is 12.9. The first kappa shape index (κ1) is 14.9. The number of primary amides is 1. The van der Waals surface area contributed by atoms with E-state index in [9.17, 15) is 9.59 Å². The van der Waals surface area contributed by atoms with Crippen molar-refractivity contribution in [1.29, 1.82) is 0 Å². The summed E-state index contributed by atoms with van der Waals surface area (Å²) in [6.07, 6.45) is 0. The summed E-state index contributed by atoms with van der Waals surface area (Å²) in [5, 5.41) is 8.93. The van der Waals surface area contributed by atoms with Crippen LogP contribution in [0.4, 0.5) is 0 Å². The van der Waals surface area contributed by atoms with E-state index >= 15 is 0 Å². The van der Waals surface area contributed by atoms with Gasteiger partial charge in [0.05, 0.1) is 12.5 Å². The van der Waals surface area contributed by atoms with Gasteiger partial charge in [0.15, 0.2) is 0 Å². The van der Waals surface area contributed by atoms with E-state index in [4.69, 9.17) is 10.8 Å². The van der Waals surface area contributed by atoms with Crippen molar-refractivity contribution in [1.82, 2.24) is 4.90 Å². The normalized spacial score (nSPS) is 15.1.